The summed E-state index contributed by atoms with van der Waals surface area (Å²) in [6.07, 6.45) is 2.86. The highest BCUT2D eigenvalue weighted by Crippen LogP contribution is 2.22. The molecule has 8 nitrogen and oxygen atoms in total. The summed E-state index contributed by atoms with van der Waals surface area (Å²) in [5.41, 5.74) is 8.70. The van der Waals surface area contributed by atoms with Gasteiger partial charge < -0.3 is 19.9 Å². The molecule has 2 N–H and O–H groups in total. The fourth-order valence-corrected chi connectivity index (χ4v) is 3.74. The van der Waals surface area contributed by atoms with Gasteiger partial charge in [-0.3, -0.25) is 4.90 Å². The second kappa shape index (κ2) is 8.02. The van der Waals surface area contributed by atoms with E-state index in [1.54, 1.807) is 7.11 Å². The van der Waals surface area contributed by atoms with Gasteiger partial charge in [-0.25, -0.2) is 15.0 Å². The van der Waals surface area contributed by atoms with E-state index in [9.17, 15) is 0 Å². The van der Waals surface area contributed by atoms with Gasteiger partial charge in [-0.15, -0.1) is 0 Å². The summed E-state index contributed by atoms with van der Waals surface area (Å²) in [7, 11) is 1.71. The summed E-state index contributed by atoms with van der Waals surface area (Å²) < 4.78 is 7.42. The van der Waals surface area contributed by atoms with Gasteiger partial charge in [0.05, 0.1) is 13.4 Å². The Labute approximate surface area is 164 Å². The van der Waals surface area contributed by atoms with Gasteiger partial charge >= 0.3 is 0 Å². The molecule has 0 spiro atoms. The number of fused-ring (bicyclic) bond motifs is 1. The Kier molecular flexibility index (Phi) is 5.29. The molecule has 28 heavy (non-hydrogen) atoms. The lowest BCUT2D eigenvalue weighted by molar-refractivity contribution is 0.250. The van der Waals surface area contributed by atoms with Crippen LogP contribution in [0, 0.1) is 6.92 Å². The Morgan fingerprint density at radius 2 is 1.93 bits per heavy atom. The number of anilines is 2. The highest BCUT2D eigenvalue weighted by molar-refractivity contribution is 5.81. The summed E-state index contributed by atoms with van der Waals surface area (Å²) in [5.74, 6) is 2.04. The van der Waals surface area contributed by atoms with Gasteiger partial charge in [-0.2, -0.15) is 0 Å². The van der Waals surface area contributed by atoms with E-state index in [0.29, 0.717) is 17.2 Å². The maximum Gasteiger partial charge on any atom is 0.165 e. The van der Waals surface area contributed by atoms with Gasteiger partial charge in [0.2, 0.25) is 0 Å². The Hall–Kier alpha value is -2.87. The van der Waals surface area contributed by atoms with Crippen molar-refractivity contribution < 1.29 is 4.74 Å². The number of piperazine rings is 1. The average molecular weight is 381 g/mol. The topological polar surface area (TPSA) is 85.3 Å². The number of nitrogens with zero attached hydrogens (tertiary/aromatic N) is 6. The third kappa shape index (κ3) is 3.87. The van der Waals surface area contributed by atoms with Crippen LogP contribution in [0.1, 0.15) is 12.2 Å². The Bertz CT molecular complexity index is 947. The van der Waals surface area contributed by atoms with Gasteiger partial charge in [-0.05, 0) is 32.0 Å². The van der Waals surface area contributed by atoms with Gasteiger partial charge in [-0.1, -0.05) is 6.07 Å². The standard InChI is InChI=1S/C20H27N7O/c1-15-23-19(21)18-20(24-15)27(14-22-18)8-4-7-25-9-11-26(12-10-25)16-5-3-6-17(13-16)28-2/h3,5-6,13-14H,4,7-12H2,1-2H3,(H2,21,23,24). The number of hydrogen-bond acceptors (Lipinski definition) is 7. The van der Waals surface area contributed by atoms with E-state index < -0.39 is 0 Å². The maximum atomic E-state index is 5.95. The highest BCUT2D eigenvalue weighted by atomic mass is 16.5. The van der Waals surface area contributed by atoms with E-state index in [2.05, 4.69) is 41.5 Å². The van der Waals surface area contributed by atoms with Gasteiger partial charge in [0.25, 0.3) is 0 Å². The minimum atomic E-state index is 0.454. The number of nitrogen functional groups attached to an aromatic ring is 1. The van der Waals surface area contributed by atoms with Crippen LogP contribution >= 0.6 is 0 Å². The third-order valence-electron chi connectivity index (χ3n) is 5.27. The second-order valence-electron chi connectivity index (χ2n) is 7.15. The number of imidazole rings is 1. The van der Waals surface area contributed by atoms with E-state index >= 15 is 0 Å². The zero-order valence-electron chi connectivity index (χ0n) is 16.5. The predicted octanol–water partition coefficient (Wildman–Crippen LogP) is 1.94. The molecule has 1 aromatic carbocycles. The molecule has 1 saturated heterocycles. The van der Waals surface area contributed by atoms with Crippen LogP contribution < -0.4 is 15.4 Å². The fraction of sp³-hybridized carbons (Fsp3) is 0.450. The van der Waals surface area contributed by atoms with Crippen LogP contribution in [0.4, 0.5) is 11.5 Å². The number of aryl methyl sites for hydroxylation is 2. The maximum absolute atomic E-state index is 5.95. The van der Waals surface area contributed by atoms with Crippen LogP contribution in [0.25, 0.3) is 11.2 Å². The van der Waals surface area contributed by atoms with Crippen LogP contribution in [0.3, 0.4) is 0 Å². The van der Waals surface area contributed by atoms with Crippen LogP contribution in [-0.4, -0.2) is 64.3 Å². The second-order valence-corrected chi connectivity index (χ2v) is 7.15. The Morgan fingerprint density at radius 1 is 1.11 bits per heavy atom. The van der Waals surface area contributed by atoms with Gasteiger partial charge in [0.1, 0.15) is 17.1 Å². The molecule has 0 saturated carbocycles. The highest BCUT2D eigenvalue weighted by Gasteiger charge is 2.17. The molecular formula is C20H27N7O. The number of rotatable bonds is 6. The van der Waals surface area contributed by atoms with Crippen molar-refractivity contribution in [3.63, 3.8) is 0 Å². The Morgan fingerprint density at radius 3 is 2.71 bits per heavy atom. The van der Waals surface area contributed by atoms with Crippen molar-refractivity contribution in [2.75, 3.05) is 50.5 Å². The van der Waals surface area contributed by atoms with Crippen LogP contribution in [0.5, 0.6) is 5.75 Å². The summed E-state index contributed by atoms with van der Waals surface area (Å²) in [5, 5.41) is 0. The summed E-state index contributed by atoms with van der Waals surface area (Å²) in [6.45, 7) is 7.99. The molecule has 0 aliphatic carbocycles. The molecule has 1 aliphatic heterocycles. The molecule has 8 heteroatoms. The molecule has 1 aliphatic rings. The smallest absolute Gasteiger partial charge is 0.165 e. The SMILES string of the molecule is COc1cccc(N2CCN(CCCn3cnc4c(N)nc(C)nc43)CC2)c1. The van der Waals surface area contributed by atoms with E-state index in [4.69, 9.17) is 10.5 Å². The third-order valence-corrected chi connectivity index (χ3v) is 5.27. The zero-order valence-corrected chi connectivity index (χ0v) is 16.5. The number of methoxy groups -OCH3 is 1. The molecule has 0 bridgehead atoms. The average Bonchev–Trinajstić information content (AvgIpc) is 3.12. The summed E-state index contributed by atoms with van der Waals surface area (Å²) in [6, 6.07) is 8.29. The zero-order chi connectivity index (χ0) is 19.5. The predicted molar refractivity (Wildman–Crippen MR) is 111 cm³/mol. The molecule has 148 valence electrons. The minimum Gasteiger partial charge on any atom is -0.497 e. The number of nitrogens with two attached hydrogens (primary N) is 1. The summed E-state index contributed by atoms with van der Waals surface area (Å²) >= 11 is 0. The molecule has 3 aromatic rings. The van der Waals surface area contributed by atoms with Gasteiger partial charge in [0, 0.05) is 44.5 Å². The number of hydrogen-bond donors (Lipinski definition) is 1. The van der Waals surface area contributed by atoms with Crippen molar-refractivity contribution in [1.29, 1.82) is 0 Å². The monoisotopic (exact) mass is 381 g/mol. The van der Waals surface area contributed by atoms with Crippen LogP contribution in [0.15, 0.2) is 30.6 Å². The quantitative estimate of drug-likeness (QED) is 0.698. The molecule has 3 heterocycles. The van der Waals surface area contributed by atoms with Crippen LogP contribution in [0.2, 0.25) is 0 Å². The fourth-order valence-electron chi connectivity index (χ4n) is 3.74. The first kappa shape index (κ1) is 18.5. The van der Waals surface area contributed by atoms with Crippen molar-refractivity contribution in [3.8, 4) is 5.75 Å². The first-order valence-electron chi connectivity index (χ1n) is 9.70. The molecule has 1 fully saturated rings. The van der Waals surface area contributed by atoms with E-state index in [0.717, 1.165) is 57.1 Å². The largest absolute Gasteiger partial charge is 0.497 e. The first-order chi connectivity index (χ1) is 13.6. The summed E-state index contributed by atoms with van der Waals surface area (Å²) in [4.78, 5) is 18.0. The number of ether oxygens (including phenoxy) is 1. The molecule has 0 amide bonds. The number of aromatic nitrogens is 4. The first-order valence-corrected chi connectivity index (χ1v) is 9.70. The molecule has 0 radical (unpaired) electrons. The van der Waals surface area contributed by atoms with Crippen molar-refractivity contribution in [2.45, 2.75) is 19.9 Å². The van der Waals surface area contributed by atoms with Crippen LogP contribution in [-0.2, 0) is 6.54 Å². The van der Waals surface area contributed by atoms with Crippen molar-refractivity contribution in [2.24, 2.45) is 0 Å². The lowest BCUT2D eigenvalue weighted by Gasteiger charge is -2.36. The van der Waals surface area contributed by atoms with Gasteiger partial charge in [0.15, 0.2) is 11.5 Å². The van der Waals surface area contributed by atoms with E-state index in [1.807, 2.05) is 25.4 Å². The molecule has 4 rings (SSSR count). The van der Waals surface area contributed by atoms with Crippen molar-refractivity contribution >= 4 is 22.7 Å². The number of benzene rings is 1. The molecule has 2 aromatic heterocycles. The molecule has 0 unspecified atom stereocenters. The van der Waals surface area contributed by atoms with E-state index in [1.165, 1.54) is 5.69 Å². The van der Waals surface area contributed by atoms with E-state index in [-0.39, 0.29) is 0 Å². The van der Waals surface area contributed by atoms with Crippen molar-refractivity contribution in [3.05, 3.63) is 36.4 Å². The lowest BCUT2D eigenvalue weighted by Crippen LogP contribution is -2.46. The minimum absolute atomic E-state index is 0.454. The Balaban J connectivity index is 1.29. The normalized spacial score (nSPS) is 15.3. The molecular weight excluding hydrogens is 354 g/mol. The van der Waals surface area contributed by atoms with Crippen molar-refractivity contribution in [1.82, 2.24) is 24.4 Å². The molecule has 0 atom stereocenters. The lowest BCUT2D eigenvalue weighted by atomic mass is 10.2.